The van der Waals surface area contributed by atoms with Crippen LogP contribution in [0, 0.1) is 23.1 Å². The van der Waals surface area contributed by atoms with Crippen LogP contribution in [0.15, 0.2) is 17.1 Å². The Bertz CT molecular complexity index is 1120. The Morgan fingerprint density at radius 3 is 2.70 bits per heavy atom. The van der Waals surface area contributed by atoms with E-state index in [9.17, 15) is 20.0 Å². The molecule has 3 fully saturated rings. The number of benzene rings is 1. The number of piperidine rings is 1. The molecular formula is C21H20FN4NaO3. The van der Waals surface area contributed by atoms with Gasteiger partial charge in [-0.25, -0.2) is 4.39 Å². The van der Waals surface area contributed by atoms with Gasteiger partial charge in [-0.1, -0.05) is 0 Å². The predicted octanol–water partition coefficient (Wildman–Crippen LogP) is -2.10. The summed E-state index contributed by atoms with van der Waals surface area (Å²) in [5.41, 5.74) is -0.671. The Morgan fingerprint density at radius 2 is 2.07 bits per heavy atom. The molecule has 1 aromatic heterocycles. The molecule has 2 atom stereocenters. The zero-order valence-electron chi connectivity index (χ0n) is 16.8. The van der Waals surface area contributed by atoms with Gasteiger partial charge in [-0.05, 0) is 44.2 Å². The van der Waals surface area contributed by atoms with Crippen molar-refractivity contribution in [1.82, 2.24) is 9.88 Å². The zero-order chi connectivity index (χ0) is 20.3. The summed E-state index contributed by atoms with van der Waals surface area (Å²) in [5, 5.41) is 24.8. The second-order valence-electron chi connectivity index (χ2n) is 8.26. The molecule has 9 heteroatoms. The van der Waals surface area contributed by atoms with Gasteiger partial charge in [-0.3, -0.25) is 4.79 Å². The fourth-order valence-corrected chi connectivity index (χ4v) is 4.91. The van der Waals surface area contributed by atoms with Gasteiger partial charge < -0.3 is 24.7 Å². The Labute approximate surface area is 194 Å². The Kier molecular flexibility index (Phi) is 5.66. The molecule has 5 rings (SSSR count). The van der Waals surface area contributed by atoms with Crippen LogP contribution in [0.25, 0.3) is 10.9 Å². The van der Waals surface area contributed by atoms with Crippen molar-refractivity contribution in [3.63, 3.8) is 0 Å². The number of nitriles is 1. The molecule has 3 aliphatic rings. The van der Waals surface area contributed by atoms with Crippen LogP contribution >= 0.6 is 0 Å². The summed E-state index contributed by atoms with van der Waals surface area (Å²) >= 11 is 0. The number of carbonyl (C=O) groups is 1. The molecule has 0 amide bonds. The second kappa shape index (κ2) is 7.97. The first-order chi connectivity index (χ1) is 14.0. The number of nitrogens with zero attached hydrogens (tertiary/aromatic N) is 3. The third-order valence-corrected chi connectivity index (χ3v) is 6.43. The van der Waals surface area contributed by atoms with Crippen molar-refractivity contribution in [3.8, 4) is 6.07 Å². The van der Waals surface area contributed by atoms with E-state index in [-0.39, 0.29) is 58.3 Å². The predicted molar refractivity (Wildman–Crippen MR) is 102 cm³/mol. The molecule has 0 spiro atoms. The van der Waals surface area contributed by atoms with Crippen molar-refractivity contribution in [1.29, 1.82) is 5.26 Å². The number of carboxylic acids is 1. The van der Waals surface area contributed by atoms with Crippen molar-refractivity contribution in [2.75, 3.05) is 24.5 Å². The summed E-state index contributed by atoms with van der Waals surface area (Å²) < 4.78 is 16.9. The maximum absolute atomic E-state index is 15.2. The first kappa shape index (κ1) is 21.3. The smallest absolute Gasteiger partial charge is 0.545 e. The molecule has 1 aliphatic carbocycles. The van der Waals surface area contributed by atoms with E-state index in [0.29, 0.717) is 24.5 Å². The van der Waals surface area contributed by atoms with Crippen molar-refractivity contribution >= 4 is 22.6 Å². The largest absolute Gasteiger partial charge is 1.00 e. The molecule has 150 valence electrons. The number of aromatic nitrogens is 1. The summed E-state index contributed by atoms with van der Waals surface area (Å²) in [6.45, 7) is 2.19. The minimum atomic E-state index is -1.59. The average molecular weight is 418 g/mol. The maximum atomic E-state index is 15.2. The first-order valence-electron chi connectivity index (χ1n) is 10.0. The SMILES string of the molecule is N#Cc1c(N2C[C@@H]3CCCN[C@@H]3C2)c(F)cc2c(=O)c(C(=O)[O-])cn(C3CC3)c12.[Na+]. The topological polar surface area (TPSA) is 101 Å². The number of fused-ring (bicyclic) bond motifs is 2. The van der Waals surface area contributed by atoms with E-state index in [0.717, 1.165) is 38.3 Å². The summed E-state index contributed by atoms with van der Waals surface area (Å²) in [7, 11) is 0. The van der Waals surface area contributed by atoms with Crippen LogP contribution in [0.1, 0.15) is 47.6 Å². The summed E-state index contributed by atoms with van der Waals surface area (Å²) in [4.78, 5) is 26.0. The summed E-state index contributed by atoms with van der Waals surface area (Å²) in [6, 6.07) is 3.47. The molecule has 0 radical (unpaired) electrons. The third-order valence-electron chi connectivity index (χ3n) is 6.43. The first-order valence-corrected chi connectivity index (χ1v) is 10.0. The normalized spacial score (nSPS) is 23.0. The molecule has 30 heavy (non-hydrogen) atoms. The molecule has 1 saturated carbocycles. The van der Waals surface area contributed by atoms with Crippen LogP contribution in [-0.2, 0) is 0 Å². The van der Waals surface area contributed by atoms with Crippen molar-refractivity contribution in [3.05, 3.63) is 39.4 Å². The molecule has 7 nitrogen and oxygen atoms in total. The number of nitrogens with one attached hydrogen (secondary N) is 1. The third kappa shape index (κ3) is 3.34. The maximum Gasteiger partial charge on any atom is 1.00 e. The molecular weight excluding hydrogens is 398 g/mol. The number of pyridine rings is 1. The van der Waals surface area contributed by atoms with Crippen LogP contribution in [0.3, 0.4) is 0 Å². The van der Waals surface area contributed by atoms with E-state index in [4.69, 9.17) is 0 Å². The fourth-order valence-electron chi connectivity index (χ4n) is 4.91. The Hall–Kier alpha value is -1.92. The minimum absolute atomic E-state index is 0. The van der Waals surface area contributed by atoms with Gasteiger partial charge >= 0.3 is 29.6 Å². The Morgan fingerprint density at radius 1 is 1.30 bits per heavy atom. The van der Waals surface area contributed by atoms with Gasteiger partial charge in [0.05, 0.1) is 28.1 Å². The number of carboxylic acid groups (broad SMARTS) is 1. The van der Waals surface area contributed by atoms with E-state index >= 15 is 4.39 Å². The van der Waals surface area contributed by atoms with Gasteiger partial charge in [0.2, 0.25) is 0 Å². The molecule has 0 bridgehead atoms. The van der Waals surface area contributed by atoms with Gasteiger partial charge in [-0.15, -0.1) is 0 Å². The van der Waals surface area contributed by atoms with Crippen LogP contribution < -0.4 is 50.3 Å². The van der Waals surface area contributed by atoms with E-state index in [2.05, 4.69) is 11.4 Å². The van der Waals surface area contributed by atoms with E-state index in [1.165, 1.54) is 6.20 Å². The van der Waals surface area contributed by atoms with Gasteiger partial charge in [-0.2, -0.15) is 5.26 Å². The number of halogens is 1. The molecule has 1 aromatic carbocycles. The van der Waals surface area contributed by atoms with Crippen LogP contribution in [0.2, 0.25) is 0 Å². The van der Waals surface area contributed by atoms with Gasteiger partial charge in [0, 0.05) is 31.4 Å². The molecule has 2 saturated heterocycles. The fraction of sp³-hybridized carbons (Fsp3) is 0.476. The molecule has 2 aromatic rings. The van der Waals surface area contributed by atoms with Crippen molar-refractivity contribution < 1.29 is 43.8 Å². The number of hydrogen-bond acceptors (Lipinski definition) is 6. The van der Waals surface area contributed by atoms with Gasteiger partial charge in [0.25, 0.3) is 0 Å². The molecule has 1 N–H and O–H groups in total. The molecule has 0 unspecified atom stereocenters. The van der Waals surface area contributed by atoms with E-state index in [1.54, 1.807) is 4.57 Å². The van der Waals surface area contributed by atoms with E-state index in [1.807, 2.05) is 4.90 Å². The van der Waals surface area contributed by atoms with Gasteiger partial charge in [0.1, 0.15) is 17.4 Å². The summed E-state index contributed by atoms with van der Waals surface area (Å²) in [6.07, 6.45) is 5.03. The number of carbonyl (C=O) groups excluding carboxylic acids is 1. The van der Waals surface area contributed by atoms with Crippen molar-refractivity contribution in [2.24, 2.45) is 5.92 Å². The standard InChI is InChI=1S/C21H21FN4O3.Na/c22-16-6-13-18(26(12-3-4-12)9-15(20(13)27)21(28)29)14(7-23)19(16)25-8-11-2-1-5-24-17(11)10-25;/h6,9,11-12,17,24H,1-5,8,10H2,(H,28,29);/q;+1/p-1/t11-,17+;/m0./s1. The second-order valence-corrected chi connectivity index (χ2v) is 8.26. The number of rotatable bonds is 3. The van der Waals surface area contributed by atoms with Crippen LogP contribution in [-0.4, -0.2) is 36.2 Å². The van der Waals surface area contributed by atoms with Crippen LogP contribution in [0.4, 0.5) is 10.1 Å². The van der Waals surface area contributed by atoms with Crippen molar-refractivity contribution in [2.45, 2.75) is 37.8 Å². The number of hydrogen-bond donors (Lipinski definition) is 1. The Balaban J connectivity index is 0.00000218. The number of aromatic carboxylic acids is 1. The molecule has 2 aliphatic heterocycles. The van der Waals surface area contributed by atoms with E-state index < -0.39 is 22.8 Å². The monoisotopic (exact) mass is 418 g/mol. The minimum Gasteiger partial charge on any atom is -0.545 e. The average Bonchev–Trinajstić information content (AvgIpc) is 3.45. The van der Waals surface area contributed by atoms with Crippen LogP contribution in [0.5, 0.6) is 0 Å². The number of anilines is 1. The zero-order valence-corrected chi connectivity index (χ0v) is 18.8. The summed E-state index contributed by atoms with van der Waals surface area (Å²) in [5.74, 6) is -1.86. The molecule has 3 heterocycles. The quantitative estimate of drug-likeness (QED) is 0.574. The van der Waals surface area contributed by atoms with Gasteiger partial charge in [0.15, 0.2) is 5.43 Å².